The molecule has 3 rings (SSSR count). The van der Waals surface area contributed by atoms with Crippen molar-refractivity contribution in [2.45, 2.75) is 12.2 Å². The Morgan fingerprint density at radius 2 is 1.24 bits per heavy atom. The Kier molecular flexibility index (Phi) is 3.07. The Morgan fingerprint density at radius 1 is 0.765 bits per heavy atom. The average molecular weight is 354 g/mol. The predicted octanol–water partition coefficient (Wildman–Crippen LogP) is 5.02. The van der Waals surface area contributed by atoms with Crippen LogP contribution in [0.3, 0.4) is 0 Å². The van der Waals surface area contributed by atoms with Gasteiger partial charge >= 0.3 is 0 Å². The van der Waals surface area contributed by atoms with Crippen LogP contribution in [-0.4, -0.2) is 0 Å². The van der Waals surface area contributed by atoms with Crippen molar-refractivity contribution in [3.63, 3.8) is 0 Å². The molecule has 0 unspecified atom stereocenters. The molecule has 0 N–H and O–H groups in total. The third-order valence-electron chi connectivity index (χ3n) is 2.85. The lowest BCUT2D eigenvalue weighted by Crippen LogP contribution is -1.84. The number of epoxide rings is 1. The summed E-state index contributed by atoms with van der Waals surface area (Å²) in [4.78, 5) is 0. The van der Waals surface area contributed by atoms with Gasteiger partial charge in [0.1, 0.15) is 12.2 Å². The van der Waals surface area contributed by atoms with Crippen molar-refractivity contribution in [3.05, 3.63) is 68.6 Å². The first kappa shape index (κ1) is 11.5. The molecule has 0 amide bonds. The van der Waals surface area contributed by atoms with Gasteiger partial charge < -0.3 is 4.74 Å². The topological polar surface area (TPSA) is 12.5 Å². The Balaban J connectivity index is 1.83. The first-order valence-corrected chi connectivity index (χ1v) is 6.99. The zero-order valence-electron chi connectivity index (χ0n) is 8.94. The molecule has 1 saturated heterocycles. The molecule has 1 aliphatic heterocycles. The minimum atomic E-state index is 0.196. The monoisotopic (exact) mass is 352 g/mol. The van der Waals surface area contributed by atoms with Crippen molar-refractivity contribution in [1.29, 1.82) is 0 Å². The molecule has 0 aromatic heterocycles. The number of halogens is 2. The van der Waals surface area contributed by atoms with Gasteiger partial charge in [-0.25, -0.2) is 0 Å². The summed E-state index contributed by atoms with van der Waals surface area (Å²) in [5.41, 5.74) is 2.45. The summed E-state index contributed by atoms with van der Waals surface area (Å²) >= 11 is 6.97. The van der Waals surface area contributed by atoms with Crippen molar-refractivity contribution in [1.82, 2.24) is 0 Å². The molecule has 1 fully saturated rings. The van der Waals surface area contributed by atoms with E-state index >= 15 is 0 Å². The SMILES string of the molecule is Brc1cccc([C@H]2O[C@@H]2c2cccc(Br)c2)c1. The van der Waals surface area contributed by atoms with E-state index in [-0.39, 0.29) is 12.2 Å². The second-order valence-electron chi connectivity index (χ2n) is 4.09. The Labute approximate surface area is 117 Å². The van der Waals surface area contributed by atoms with Gasteiger partial charge in [0.25, 0.3) is 0 Å². The lowest BCUT2D eigenvalue weighted by Gasteiger charge is -1.98. The Bertz CT molecular complexity index is 504. The molecule has 0 spiro atoms. The number of hydrogen-bond donors (Lipinski definition) is 0. The van der Waals surface area contributed by atoms with Gasteiger partial charge in [0.15, 0.2) is 0 Å². The van der Waals surface area contributed by atoms with E-state index in [9.17, 15) is 0 Å². The van der Waals surface area contributed by atoms with E-state index in [4.69, 9.17) is 4.74 Å². The summed E-state index contributed by atoms with van der Waals surface area (Å²) in [5.74, 6) is 0. The molecule has 1 aliphatic rings. The lowest BCUT2D eigenvalue weighted by atomic mass is 10.0. The summed E-state index contributed by atoms with van der Waals surface area (Å²) in [6.45, 7) is 0. The van der Waals surface area contributed by atoms with Crippen LogP contribution in [0.5, 0.6) is 0 Å². The van der Waals surface area contributed by atoms with E-state index < -0.39 is 0 Å². The van der Waals surface area contributed by atoms with Crippen molar-refractivity contribution in [2.75, 3.05) is 0 Å². The second-order valence-corrected chi connectivity index (χ2v) is 5.92. The summed E-state index contributed by atoms with van der Waals surface area (Å²) < 4.78 is 7.95. The van der Waals surface area contributed by atoms with Gasteiger partial charge in [-0.3, -0.25) is 0 Å². The van der Waals surface area contributed by atoms with Crippen LogP contribution >= 0.6 is 31.9 Å². The molecule has 2 atom stereocenters. The van der Waals surface area contributed by atoms with Crippen LogP contribution in [0, 0.1) is 0 Å². The largest absolute Gasteiger partial charge is 0.359 e. The highest BCUT2D eigenvalue weighted by Gasteiger charge is 2.41. The number of rotatable bonds is 2. The van der Waals surface area contributed by atoms with Gasteiger partial charge in [-0.1, -0.05) is 56.1 Å². The zero-order chi connectivity index (χ0) is 11.8. The molecule has 0 radical (unpaired) electrons. The number of ether oxygens (including phenoxy) is 1. The van der Waals surface area contributed by atoms with Gasteiger partial charge in [0, 0.05) is 8.95 Å². The van der Waals surface area contributed by atoms with Crippen LogP contribution in [0.15, 0.2) is 57.5 Å². The molecule has 2 aromatic carbocycles. The average Bonchev–Trinajstić information content (AvgIpc) is 3.09. The second kappa shape index (κ2) is 4.56. The molecule has 2 aromatic rings. The van der Waals surface area contributed by atoms with Crippen LogP contribution in [0.25, 0.3) is 0 Å². The first-order chi connectivity index (χ1) is 8.24. The molecule has 1 nitrogen and oxygen atoms in total. The number of benzene rings is 2. The lowest BCUT2D eigenvalue weighted by molar-refractivity contribution is 0.377. The van der Waals surface area contributed by atoms with Crippen LogP contribution in [-0.2, 0) is 4.74 Å². The predicted molar refractivity (Wildman–Crippen MR) is 74.9 cm³/mol. The summed E-state index contributed by atoms with van der Waals surface area (Å²) in [7, 11) is 0. The van der Waals surface area contributed by atoms with E-state index in [1.54, 1.807) is 0 Å². The molecular formula is C14H10Br2O. The fourth-order valence-corrected chi connectivity index (χ4v) is 2.82. The van der Waals surface area contributed by atoms with Crippen LogP contribution in [0.1, 0.15) is 23.3 Å². The minimum Gasteiger partial charge on any atom is -0.359 e. The van der Waals surface area contributed by atoms with Gasteiger partial charge in [0.05, 0.1) is 0 Å². The molecule has 0 bridgehead atoms. The molecule has 86 valence electrons. The molecular weight excluding hydrogens is 344 g/mol. The third-order valence-corrected chi connectivity index (χ3v) is 3.83. The highest BCUT2D eigenvalue weighted by molar-refractivity contribution is 9.10. The van der Waals surface area contributed by atoms with E-state index in [1.807, 2.05) is 24.3 Å². The molecule has 0 saturated carbocycles. The van der Waals surface area contributed by atoms with Gasteiger partial charge in [-0.2, -0.15) is 0 Å². The molecule has 3 heteroatoms. The van der Waals surface area contributed by atoms with Crippen molar-refractivity contribution >= 4 is 31.9 Å². The fourth-order valence-electron chi connectivity index (χ4n) is 1.99. The van der Waals surface area contributed by atoms with Crippen molar-refractivity contribution in [2.24, 2.45) is 0 Å². The smallest absolute Gasteiger partial charge is 0.114 e. The minimum absolute atomic E-state index is 0.196. The van der Waals surface area contributed by atoms with Crippen molar-refractivity contribution < 1.29 is 4.74 Å². The molecule has 1 heterocycles. The van der Waals surface area contributed by atoms with E-state index in [2.05, 4.69) is 56.1 Å². The Morgan fingerprint density at radius 3 is 1.65 bits per heavy atom. The van der Waals surface area contributed by atoms with Crippen molar-refractivity contribution in [3.8, 4) is 0 Å². The van der Waals surface area contributed by atoms with E-state index in [1.165, 1.54) is 11.1 Å². The molecule has 17 heavy (non-hydrogen) atoms. The normalized spacial score (nSPS) is 22.5. The highest BCUT2D eigenvalue weighted by atomic mass is 79.9. The van der Waals surface area contributed by atoms with Crippen LogP contribution in [0.4, 0.5) is 0 Å². The highest BCUT2D eigenvalue weighted by Crippen LogP contribution is 2.51. The first-order valence-electron chi connectivity index (χ1n) is 5.40. The Hall–Kier alpha value is -0.640. The fraction of sp³-hybridized carbons (Fsp3) is 0.143. The summed E-state index contributed by atoms with van der Waals surface area (Å²) in [5, 5.41) is 0. The maximum absolute atomic E-state index is 5.76. The summed E-state index contributed by atoms with van der Waals surface area (Å²) in [6.07, 6.45) is 0.392. The standard InChI is InChI=1S/C14H10Br2O/c15-11-5-1-3-9(7-11)13-14(17-13)10-4-2-6-12(16)8-10/h1-8,13-14H/t13-,14-/m1/s1. The van der Waals surface area contributed by atoms with E-state index in [0.717, 1.165) is 8.95 Å². The maximum Gasteiger partial charge on any atom is 0.114 e. The van der Waals surface area contributed by atoms with Crippen LogP contribution in [0.2, 0.25) is 0 Å². The third kappa shape index (κ3) is 2.46. The maximum atomic E-state index is 5.76. The van der Waals surface area contributed by atoms with Crippen LogP contribution < -0.4 is 0 Å². The van der Waals surface area contributed by atoms with E-state index in [0.29, 0.717) is 0 Å². The summed E-state index contributed by atoms with van der Waals surface area (Å²) in [6, 6.07) is 16.6. The van der Waals surface area contributed by atoms with Gasteiger partial charge in [-0.05, 0) is 35.4 Å². The van der Waals surface area contributed by atoms with Gasteiger partial charge in [0.2, 0.25) is 0 Å². The quantitative estimate of drug-likeness (QED) is 0.690. The number of hydrogen-bond acceptors (Lipinski definition) is 1. The zero-order valence-corrected chi connectivity index (χ0v) is 12.1. The van der Waals surface area contributed by atoms with Gasteiger partial charge in [-0.15, -0.1) is 0 Å². The molecule has 0 aliphatic carbocycles.